The van der Waals surface area contributed by atoms with Gasteiger partial charge in [0.05, 0.1) is 5.69 Å². The van der Waals surface area contributed by atoms with E-state index in [1.807, 2.05) is 18.5 Å². The number of nitrogens with zero attached hydrogens (tertiary/aromatic N) is 1. The van der Waals surface area contributed by atoms with E-state index < -0.39 is 0 Å². The molecule has 1 aromatic carbocycles. The van der Waals surface area contributed by atoms with E-state index in [2.05, 4.69) is 42.3 Å². The Labute approximate surface area is 125 Å². The molecule has 4 nitrogen and oxygen atoms in total. The molecule has 3 rings (SSSR count). The van der Waals surface area contributed by atoms with Crippen molar-refractivity contribution in [2.45, 2.75) is 32.7 Å². The summed E-state index contributed by atoms with van der Waals surface area (Å²) in [5, 5.41) is 3.49. The number of hydrogen-bond donors (Lipinski definition) is 1. The van der Waals surface area contributed by atoms with Crippen LogP contribution in [0.4, 0.5) is 5.69 Å². The van der Waals surface area contributed by atoms with Gasteiger partial charge in [0.2, 0.25) is 6.79 Å². The summed E-state index contributed by atoms with van der Waals surface area (Å²) >= 11 is 0. The van der Waals surface area contributed by atoms with E-state index in [4.69, 9.17) is 9.47 Å². The number of rotatable bonds is 5. The molecule has 0 radical (unpaired) electrons. The summed E-state index contributed by atoms with van der Waals surface area (Å²) in [4.78, 5) is 4.20. The monoisotopic (exact) mass is 284 g/mol. The van der Waals surface area contributed by atoms with E-state index in [1.165, 1.54) is 11.1 Å². The fourth-order valence-corrected chi connectivity index (χ4v) is 2.47. The van der Waals surface area contributed by atoms with Gasteiger partial charge in [-0.05, 0) is 56.0 Å². The molecule has 2 heterocycles. The largest absolute Gasteiger partial charge is 0.454 e. The molecule has 1 N–H and O–H groups in total. The molecule has 4 heteroatoms. The molecule has 1 aromatic heterocycles. The molecule has 0 amide bonds. The lowest BCUT2D eigenvalue weighted by molar-refractivity contribution is 0.174. The quantitative estimate of drug-likeness (QED) is 0.912. The van der Waals surface area contributed by atoms with Crippen molar-refractivity contribution >= 4 is 5.69 Å². The molecule has 0 fully saturated rings. The SMILES string of the molecule is Cc1cncc(NC(C)CCc2ccc3c(c2)OCO3)c1. The number of aryl methyl sites for hydroxylation is 2. The van der Waals surface area contributed by atoms with Gasteiger partial charge >= 0.3 is 0 Å². The van der Waals surface area contributed by atoms with Gasteiger partial charge in [-0.1, -0.05) is 6.07 Å². The first-order valence-electron chi connectivity index (χ1n) is 7.27. The predicted molar refractivity (Wildman–Crippen MR) is 82.9 cm³/mol. The van der Waals surface area contributed by atoms with Crippen molar-refractivity contribution in [3.8, 4) is 11.5 Å². The Morgan fingerprint density at radius 2 is 2.05 bits per heavy atom. The molecular weight excluding hydrogens is 264 g/mol. The van der Waals surface area contributed by atoms with Crippen LogP contribution in [0.3, 0.4) is 0 Å². The lowest BCUT2D eigenvalue weighted by atomic mass is 10.1. The summed E-state index contributed by atoms with van der Waals surface area (Å²) in [6.45, 7) is 4.57. The molecule has 1 aliphatic heterocycles. The number of hydrogen-bond acceptors (Lipinski definition) is 4. The lowest BCUT2D eigenvalue weighted by Gasteiger charge is -2.15. The number of anilines is 1. The highest BCUT2D eigenvalue weighted by Crippen LogP contribution is 2.32. The number of nitrogens with one attached hydrogen (secondary N) is 1. The summed E-state index contributed by atoms with van der Waals surface area (Å²) in [5.74, 6) is 1.70. The Kier molecular flexibility index (Phi) is 3.95. The van der Waals surface area contributed by atoms with E-state index in [9.17, 15) is 0 Å². The molecule has 1 atom stereocenters. The molecule has 0 bridgehead atoms. The van der Waals surface area contributed by atoms with Crippen molar-refractivity contribution in [2.75, 3.05) is 12.1 Å². The van der Waals surface area contributed by atoms with Gasteiger partial charge in [0, 0.05) is 18.4 Å². The molecule has 0 saturated carbocycles. The van der Waals surface area contributed by atoms with Gasteiger partial charge < -0.3 is 14.8 Å². The normalized spacial score (nSPS) is 14.0. The van der Waals surface area contributed by atoms with Gasteiger partial charge in [0.1, 0.15) is 0 Å². The van der Waals surface area contributed by atoms with Crippen LogP contribution >= 0.6 is 0 Å². The van der Waals surface area contributed by atoms with Gasteiger partial charge in [-0.15, -0.1) is 0 Å². The summed E-state index contributed by atoms with van der Waals surface area (Å²) in [6, 6.07) is 8.67. The highest BCUT2D eigenvalue weighted by atomic mass is 16.7. The Morgan fingerprint density at radius 3 is 2.90 bits per heavy atom. The van der Waals surface area contributed by atoms with Crippen molar-refractivity contribution in [1.82, 2.24) is 4.98 Å². The number of ether oxygens (including phenoxy) is 2. The number of aromatic nitrogens is 1. The minimum absolute atomic E-state index is 0.330. The maximum atomic E-state index is 5.41. The van der Waals surface area contributed by atoms with E-state index in [0.29, 0.717) is 12.8 Å². The van der Waals surface area contributed by atoms with Crippen LogP contribution in [0, 0.1) is 6.92 Å². The van der Waals surface area contributed by atoms with E-state index in [0.717, 1.165) is 30.0 Å². The van der Waals surface area contributed by atoms with Gasteiger partial charge in [-0.25, -0.2) is 0 Å². The maximum Gasteiger partial charge on any atom is 0.231 e. The number of pyridine rings is 1. The van der Waals surface area contributed by atoms with E-state index >= 15 is 0 Å². The highest BCUT2D eigenvalue weighted by molar-refractivity contribution is 5.45. The summed E-state index contributed by atoms with van der Waals surface area (Å²) in [7, 11) is 0. The van der Waals surface area contributed by atoms with E-state index in [-0.39, 0.29) is 0 Å². The van der Waals surface area contributed by atoms with Crippen LogP contribution in [0.15, 0.2) is 36.7 Å². The maximum absolute atomic E-state index is 5.41. The smallest absolute Gasteiger partial charge is 0.231 e. The van der Waals surface area contributed by atoms with Crippen LogP contribution in [0.5, 0.6) is 11.5 Å². The second-order valence-electron chi connectivity index (χ2n) is 5.52. The van der Waals surface area contributed by atoms with Gasteiger partial charge in [0.25, 0.3) is 0 Å². The fourth-order valence-electron chi connectivity index (χ4n) is 2.47. The third-order valence-corrected chi connectivity index (χ3v) is 3.59. The topological polar surface area (TPSA) is 43.4 Å². The Morgan fingerprint density at radius 1 is 1.19 bits per heavy atom. The minimum Gasteiger partial charge on any atom is -0.454 e. The summed E-state index contributed by atoms with van der Waals surface area (Å²) < 4.78 is 10.7. The first-order chi connectivity index (χ1) is 10.2. The molecule has 21 heavy (non-hydrogen) atoms. The summed E-state index contributed by atoms with van der Waals surface area (Å²) in [5.41, 5.74) is 3.52. The number of benzene rings is 1. The average molecular weight is 284 g/mol. The van der Waals surface area contributed by atoms with Crippen molar-refractivity contribution in [3.05, 3.63) is 47.8 Å². The molecule has 1 unspecified atom stereocenters. The van der Waals surface area contributed by atoms with Crippen LogP contribution in [0.25, 0.3) is 0 Å². The zero-order valence-corrected chi connectivity index (χ0v) is 12.4. The van der Waals surface area contributed by atoms with Crippen molar-refractivity contribution in [3.63, 3.8) is 0 Å². The Balaban J connectivity index is 1.55. The number of fused-ring (bicyclic) bond motifs is 1. The van der Waals surface area contributed by atoms with Crippen LogP contribution in [0.1, 0.15) is 24.5 Å². The molecular formula is C17H20N2O2. The highest BCUT2D eigenvalue weighted by Gasteiger charge is 2.13. The molecule has 110 valence electrons. The standard InChI is InChI=1S/C17H20N2O2/c1-12-7-15(10-18-9-12)19-13(2)3-4-14-5-6-16-17(8-14)21-11-20-16/h5-10,13,19H,3-4,11H2,1-2H3. The predicted octanol–water partition coefficient (Wildman–Crippen LogP) is 3.55. The zero-order chi connectivity index (χ0) is 14.7. The molecule has 0 aliphatic carbocycles. The van der Waals surface area contributed by atoms with Gasteiger partial charge in [-0.2, -0.15) is 0 Å². The third kappa shape index (κ3) is 3.45. The van der Waals surface area contributed by atoms with Crippen molar-refractivity contribution in [2.24, 2.45) is 0 Å². The van der Waals surface area contributed by atoms with Gasteiger partial charge in [0.15, 0.2) is 11.5 Å². The molecule has 0 spiro atoms. The van der Waals surface area contributed by atoms with Crippen LogP contribution in [-0.4, -0.2) is 17.8 Å². The van der Waals surface area contributed by atoms with Crippen LogP contribution in [0.2, 0.25) is 0 Å². The minimum atomic E-state index is 0.330. The second-order valence-corrected chi connectivity index (χ2v) is 5.52. The fraction of sp³-hybridized carbons (Fsp3) is 0.353. The first kappa shape index (κ1) is 13.7. The third-order valence-electron chi connectivity index (χ3n) is 3.59. The first-order valence-corrected chi connectivity index (χ1v) is 7.27. The Hall–Kier alpha value is -2.23. The Bertz CT molecular complexity index is 628. The molecule has 2 aromatic rings. The van der Waals surface area contributed by atoms with Crippen molar-refractivity contribution in [1.29, 1.82) is 0 Å². The molecule has 0 saturated heterocycles. The molecule has 1 aliphatic rings. The average Bonchev–Trinajstić information content (AvgIpc) is 2.92. The summed E-state index contributed by atoms with van der Waals surface area (Å²) in [6.07, 6.45) is 5.78. The van der Waals surface area contributed by atoms with E-state index in [1.54, 1.807) is 0 Å². The van der Waals surface area contributed by atoms with Crippen LogP contribution < -0.4 is 14.8 Å². The van der Waals surface area contributed by atoms with Crippen LogP contribution in [-0.2, 0) is 6.42 Å². The lowest BCUT2D eigenvalue weighted by Crippen LogP contribution is -2.16. The van der Waals surface area contributed by atoms with Gasteiger partial charge in [-0.3, -0.25) is 4.98 Å². The second kappa shape index (κ2) is 6.04. The van der Waals surface area contributed by atoms with Crippen molar-refractivity contribution < 1.29 is 9.47 Å². The zero-order valence-electron chi connectivity index (χ0n) is 12.4.